The molecule has 0 aromatic heterocycles. The lowest BCUT2D eigenvalue weighted by Crippen LogP contribution is -2.23. The van der Waals surface area contributed by atoms with Gasteiger partial charge in [-0.1, -0.05) is 37.3 Å². The van der Waals surface area contributed by atoms with E-state index in [4.69, 9.17) is 4.74 Å². The molecule has 2 aromatic rings. The Morgan fingerprint density at radius 2 is 1.63 bits per heavy atom. The molecule has 27 heavy (non-hydrogen) atoms. The lowest BCUT2D eigenvalue weighted by Gasteiger charge is -2.25. The Morgan fingerprint density at radius 3 is 2.15 bits per heavy atom. The molecule has 1 fully saturated rings. The first kappa shape index (κ1) is 19.2. The van der Waals surface area contributed by atoms with E-state index in [2.05, 4.69) is 43.0 Å². The molecule has 140 valence electrons. The van der Waals surface area contributed by atoms with Gasteiger partial charge in [0.2, 0.25) is 0 Å². The molecular formula is C25H28O2. The van der Waals surface area contributed by atoms with Crippen molar-refractivity contribution in [2.45, 2.75) is 46.0 Å². The average Bonchev–Trinajstić information content (AvgIpc) is 2.61. The van der Waals surface area contributed by atoms with Crippen molar-refractivity contribution in [2.75, 3.05) is 6.61 Å². The predicted octanol–water partition coefficient (Wildman–Crippen LogP) is 5.42. The van der Waals surface area contributed by atoms with E-state index in [1.807, 2.05) is 31.2 Å². The molecule has 3 rings (SSSR count). The Bertz CT molecular complexity index is 802. The van der Waals surface area contributed by atoms with E-state index in [1.165, 1.54) is 12.0 Å². The Kier molecular flexibility index (Phi) is 6.71. The third-order valence-corrected chi connectivity index (χ3v) is 5.16. The number of hydrogen-bond donors (Lipinski definition) is 0. The van der Waals surface area contributed by atoms with Crippen LogP contribution in [-0.2, 0) is 11.2 Å². The molecular weight excluding hydrogens is 332 g/mol. The van der Waals surface area contributed by atoms with Gasteiger partial charge in [0.15, 0.2) is 0 Å². The average molecular weight is 360 g/mol. The minimum Gasteiger partial charge on any atom is -0.494 e. The fraction of sp³-hybridized carbons (Fsp3) is 0.400. The maximum atomic E-state index is 12.1. The molecule has 1 atom stereocenters. The first-order chi connectivity index (χ1) is 13.1. The van der Waals surface area contributed by atoms with Crippen LogP contribution in [0.2, 0.25) is 0 Å². The van der Waals surface area contributed by atoms with Crippen molar-refractivity contribution in [3.8, 4) is 17.6 Å². The number of rotatable bonds is 7. The van der Waals surface area contributed by atoms with Crippen LogP contribution >= 0.6 is 0 Å². The molecule has 0 saturated heterocycles. The van der Waals surface area contributed by atoms with Gasteiger partial charge in [-0.15, -0.1) is 0 Å². The molecule has 0 N–H and O–H groups in total. The summed E-state index contributed by atoms with van der Waals surface area (Å²) in [6.45, 7) is 4.82. The van der Waals surface area contributed by atoms with E-state index < -0.39 is 0 Å². The predicted molar refractivity (Wildman–Crippen MR) is 110 cm³/mol. The van der Waals surface area contributed by atoms with Crippen molar-refractivity contribution in [1.29, 1.82) is 0 Å². The van der Waals surface area contributed by atoms with Gasteiger partial charge in [-0.2, -0.15) is 0 Å². The van der Waals surface area contributed by atoms with Crippen LogP contribution in [0.1, 0.15) is 56.2 Å². The number of ether oxygens (including phenoxy) is 1. The summed E-state index contributed by atoms with van der Waals surface area (Å²) in [6.07, 6.45) is 5.10. The SMILES string of the molecule is CCOc1ccc(C#Cc2ccc(CC(C)CC(=O)C3CCC3)cc2)cc1. The van der Waals surface area contributed by atoms with Gasteiger partial charge in [0, 0.05) is 23.5 Å². The molecule has 2 heteroatoms. The molecule has 2 aromatic carbocycles. The second-order valence-electron chi connectivity index (χ2n) is 7.51. The highest BCUT2D eigenvalue weighted by atomic mass is 16.5. The third kappa shape index (κ3) is 5.73. The van der Waals surface area contributed by atoms with Crippen molar-refractivity contribution in [3.63, 3.8) is 0 Å². The fourth-order valence-corrected chi connectivity index (χ4v) is 3.38. The molecule has 1 aliphatic carbocycles. The zero-order valence-corrected chi connectivity index (χ0v) is 16.3. The molecule has 0 amide bonds. The highest BCUT2D eigenvalue weighted by molar-refractivity contribution is 5.81. The normalized spacial score (nSPS) is 14.6. The summed E-state index contributed by atoms with van der Waals surface area (Å²) in [6, 6.07) is 16.2. The summed E-state index contributed by atoms with van der Waals surface area (Å²) in [5.74, 6) is 8.50. The van der Waals surface area contributed by atoms with Crippen LogP contribution < -0.4 is 4.74 Å². The van der Waals surface area contributed by atoms with E-state index in [0.717, 1.165) is 36.1 Å². The van der Waals surface area contributed by atoms with Crippen LogP contribution in [0.25, 0.3) is 0 Å². The van der Waals surface area contributed by atoms with E-state index in [9.17, 15) is 4.79 Å². The van der Waals surface area contributed by atoms with E-state index in [0.29, 0.717) is 30.6 Å². The van der Waals surface area contributed by atoms with Gasteiger partial charge >= 0.3 is 0 Å². The minimum atomic E-state index is 0.354. The van der Waals surface area contributed by atoms with Crippen LogP contribution in [0.5, 0.6) is 5.75 Å². The maximum Gasteiger partial charge on any atom is 0.136 e. The van der Waals surface area contributed by atoms with Crippen molar-refractivity contribution in [1.82, 2.24) is 0 Å². The van der Waals surface area contributed by atoms with Crippen molar-refractivity contribution < 1.29 is 9.53 Å². The smallest absolute Gasteiger partial charge is 0.136 e. The summed E-state index contributed by atoms with van der Waals surface area (Å²) in [4.78, 5) is 12.1. The lowest BCUT2D eigenvalue weighted by atomic mass is 9.79. The Morgan fingerprint density at radius 1 is 1.04 bits per heavy atom. The van der Waals surface area contributed by atoms with Crippen molar-refractivity contribution >= 4 is 5.78 Å². The summed E-state index contributed by atoms with van der Waals surface area (Å²) >= 11 is 0. The van der Waals surface area contributed by atoms with Gasteiger partial charge in [0.25, 0.3) is 0 Å². The van der Waals surface area contributed by atoms with Crippen LogP contribution in [0.15, 0.2) is 48.5 Å². The number of ketones is 1. The van der Waals surface area contributed by atoms with Gasteiger partial charge in [0.05, 0.1) is 6.61 Å². The van der Waals surface area contributed by atoms with Crippen LogP contribution in [0.3, 0.4) is 0 Å². The monoisotopic (exact) mass is 360 g/mol. The topological polar surface area (TPSA) is 26.3 Å². The third-order valence-electron chi connectivity index (χ3n) is 5.16. The minimum absolute atomic E-state index is 0.354. The Hall–Kier alpha value is -2.53. The highest BCUT2D eigenvalue weighted by Gasteiger charge is 2.25. The zero-order chi connectivity index (χ0) is 19.1. The number of carbonyl (C=O) groups excluding carboxylic acids is 1. The highest BCUT2D eigenvalue weighted by Crippen LogP contribution is 2.29. The van der Waals surface area contributed by atoms with Gasteiger partial charge in [-0.05, 0) is 74.1 Å². The first-order valence-electron chi connectivity index (χ1n) is 10.0. The Balaban J connectivity index is 1.53. The van der Waals surface area contributed by atoms with Gasteiger partial charge in [0.1, 0.15) is 11.5 Å². The van der Waals surface area contributed by atoms with Crippen molar-refractivity contribution in [3.05, 3.63) is 65.2 Å². The quantitative estimate of drug-likeness (QED) is 0.616. The van der Waals surface area contributed by atoms with Gasteiger partial charge in [-0.3, -0.25) is 4.79 Å². The van der Waals surface area contributed by atoms with Crippen molar-refractivity contribution in [2.24, 2.45) is 11.8 Å². The number of carbonyl (C=O) groups is 1. The molecule has 0 bridgehead atoms. The van der Waals surface area contributed by atoms with E-state index in [1.54, 1.807) is 0 Å². The summed E-state index contributed by atoms with van der Waals surface area (Å²) in [5, 5.41) is 0. The standard InChI is InChI=1S/C25H28O2/c1-3-27-24-15-13-21(14-16-24)8-7-20-9-11-22(12-10-20)17-19(2)18-25(26)23-5-4-6-23/h9-16,19,23H,3-6,17-18H2,1-2H3. The fourth-order valence-electron chi connectivity index (χ4n) is 3.38. The lowest BCUT2D eigenvalue weighted by molar-refractivity contribution is -0.126. The molecule has 2 nitrogen and oxygen atoms in total. The summed E-state index contributed by atoms with van der Waals surface area (Å²) in [5.41, 5.74) is 3.26. The van der Waals surface area contributed by atoms with Crippen LogP contribution in [-0.4, -0.2) is 12.4 Å². The van der Waals surface area contributed by atoms with E-state index in [-0.39, 0.29) is 0 Å². The molecule has 1 unspecified atom stereocenters. The first-order valence-corrected chi connectivity index (χ1v) is 10.0. The second-order valence-corrected chi connectivity index (χ2v) is 7.51. The molecule has 0 aliphatic heterocycles. The molecule has 0 heterocycles. The second kappa shape index (κ2) is 9.42. The molecule has 0 spiro atoms. The molecule has 1 saturated carbocycles. The number of benzene rings is 2. The largest absolute Gasteiger partial charge is 0.494 e. The van der Waals surface area contributed by atoms with Gasteiger partial charge < -0.3 is 4.74 Å². The summed E-state index contributed by atoms with van der Waals surface area (Å²) in [7, 11) is 0. The molecule has 1 aliphatic rings. The maximum absolute atomic E-state index is 12.1. The van der Waals surface area contributed by atoms with Gasteiger partial charge in [-0.25, -0.2) is 0 Å². The van der Waals surface area contributed by atoms with Crippen LogP contribution in [0, 0.1) is 23.7 Å². The summed E-state index contributed by atoms with van der Waals surface area (Å²) < 4.78 is 5.45. The zero-order valence-electron chi connectivity index (χ0n) is 16.3. The van der Waals surface area contributed by atoms with Crippen LogP contribution in [0.4, 0.5) is 0 Å². The van der Waals surface area contributed by atoms with E-state index >= 15 is 0 Å². The Labute approximate surface area is 163 Å². The molecule has 0 radical (unpaired) electrons. The number of Topliss-reactive ketones (excluding diaryl/α,β-unsaturated/α-hetero) is 1. The number of hydrogen-bond acceptors (Lipinski definition) is 2.